The predicted octanol–water partition coefficient (Wildman–Crippen LogP) is 5.61. The average Bonchev–Trinajstić information content (AvgIpc) is 2.38. The van der Waals surface area contributed by atoms with Gasteiger partial charge < -0.3 is 5.32 Å². The molecule has 0 spiro atoms. The number of benzene rings is 2. The van der Waals surface area contributed by atoms with E-state index >= 15 is 0 Å². The highest BCUT2D eigenvalue weighted by Gasteiger charge is 2.09. The monoisotopic (exact) mass is 357 g/mol. The first kappa shape index (κ1) is 14.9. The van der Waals surface area contributed by atoms with Crippen molar-refractivity contribution >= 4 is 39.1 Å². The van der Waals surface area contributed by atoms with Crippen LogP contribution < -0.4 is 5.32 Å². The maximum Gasteiger partial charge on any atom is 0.0465 e. The van der Waals surface area contributed by atoms with Crippen LogP contribution in [0.3, 0.4) is 0 Å². The first-order valence-electron chi connectivity index (χ1n) is 5.99. The number of hydrogen-bond acceptors (Lipinski definition) is 1. The van der Waals surface area contributed by atoms with Gasteiger partial charge in [0.1, 0.15) is 0 Å². The average molecular weight is 359 g/mol. The van der Waals surface area contributed by atoms with Gasteiger partial charge in [-0.1, -0.05) is 63.4 Å². The van der Waals surface area contributed by atoms with Crippen LogP contribution in [0.1, 0.15) is 24.1 Å². The molecule has 1 nitrogen and oxygen atoms in total. The van der Waals surface area contributed by atoms with Crippen LogP contribution in [-0.4, -0.2) is 0 Å². The Hall–Kier alpha value is -0.540. The van der Waals surface area contributed by atoms with Gasteiger partial charge in [-0.2, -0.15) is 0 Å². The molecule has 0 aromatic heterocycles. The number of nitrogens with one attached hydrogen (secondary N) is 1. The van der Waals surface area contributed by atoms with Gasteiger partial charge in [0.2, 0.25) is 0 Å². The molecule has 0 bridgehead atoms. The molecule has 2 rings (SSSR count). The molecule has 4 heteroatoms. The maximum atomic E-state index is 6.16. The van der Waals surface area contributed by atoms with Crippen LogP contribution in [0.2, 0.25) is 10.0 Å². The Morgan fingerprint density at radius 2 is 1.89 bits per heavy atom. The highest BCUT2D eigenvalue weighted by molar-refractivity contribution is 9.10. The molecule has 0 amide bonds. The van der Waals surface area contributed by atoms with Crippen LogP contribution in [0, 0.1) is 0 Å². The molecule has 0 heterocycles. The predicted molar refractivity (Wildman–Crippen MR) is 85.9 cm³/mol. The number of rotatable bonds is 4. The lowest BCUT2D eigenvalue weighted by molar-refractivity contribution is 0.573. The van der Waals surface area contributed by atoms with Gasteiger partial charge in [0.25, 0.3) is 0 Å². The van der Waals surface area contributed by atoms with E-state index in [9.17, 15) is 0 Å². The molecule has 0 unspecified atom stereocenters. The minimum atomic E-state index is 0.238. The summed E-state index contributed by atoms with van der Waals surface area (Å²) < 4.78 is 1.11. The first-order chi connectivity index (χ1) is 9.08. The quantitative estimate of drug-likeness (QED) is 0.749. The van der Waals surface area contributed by atoms with Crippen LogP contribution in [0.15, 0.2) is 46.9 Å². The third-order valence-electron chi connectivity index (χ3n) is 2.99. The van der Waals surface area contributed by atoms with E-state index in [2.05, 4.69) is 34.2 Å². The van der Waals surface area contributed by atoms with Crippen LogP contribution in [0.4, 0.5) is 0 Å². The van der Waals surface area contributed by atoms with Crippen molar-refractivity contribution in [2.24, 2.45) is 0 Å². The fraction of sp³-hybridized carbons (Fsp3) is 0.200. The van der Waals surface area contributed by atoms with Crippen molar-refractivity contribution in [1.82, 2.24) is 5.32 Å². The van der Waals surface area contributed by atoms with Crippen molar-refractivity contribution in [2.75, 3.05) is 0 Å². The summed E-state index contributed by atoms with van der Waals surface area (Å²) in [6.45, 7) is 2.84. The molecule has 19 heavy (non-hydrogen) atoms. The fourth-order valence-corrected chi connectivity index (χ4v) is 2.97. The molecule has 0 saturated carbocycles. The summed E-state index contributed by atoms with van der Waals surface area (Å²) in [6, 6.07) is 14.0. The van der Waals surface area contributed by atoms with Crippen molar-refractivity contribution in [2.45, 2.75) is 19.5 Å². The SMILES string of the molecule is C[C@@H](NCc1ccc(Cl)cc1Cl)c1ccccc1Br. The van der Waals surface area contributed by atoms with Crippen molar-refractivity contribution in [3.63, 3.8) is 0 Å². The summed E-state index contributed by atoms with van der Waals surface area (Å²) in [7, 11) is 0. The molecule has 0 aliphatic rings. The van der Waals surface area contributed by atoms with E-state index < -0.39 is 0 Å². The number of hydrogen-bond donors (Lipinski definition) is 1. The lowest BCUT2D eigenvalue weighted by Crippen LogP contribution is -2.18. The topological polar surface area (TPSA) is 12.0 Å². The molecule has 100 valence electrons. The molecule has 1 atom stereocenters. The minimum Gasteiger partial charge on any atom is -0.306 e. The molecular weight excluding hydrogens is 345 g/mol. The summed E-state index contributed by atoms with van der Waals surface area (Å²) >= 11 is 15.6. The molecule has 0 radical (unpaired) electrons. The lowest BCUT2D eigenvalue weighted by atomic mass is 10.1. The van der Waals surface area contributed by atoms with E-state index in [-0.39, 0.29) is 6.04 Å². The lowest BCUT2D eigenvalue weighted by Gasteiger charge is -2.16. The van der Waals surface area contributed by atoms with Gasteiger partial charge in [0.05, 0.1) is 0 Å². The smallest absolute Gasteiger partial charge is 0.0465 e. The summed E-state index contributed by atoms with van der Waals surface area (Å²) in [6.07, 6.45) is 0. The Balaban J connectivity index is 2.04. The second kappa shape index (κ2) is 6.76. The van der Waals surface area contributed by atoms with Gasteiger partial charge in [-0.3, -0.25) is 0 Å². The van der Waals surface area contributed by atoms with Gasteiger partial charge in [-0.15, -0.1) is 0 Å². The third kappa shape index (κ3) is 3.96. The fourth-order valence-electron chi connectivity index (χ4n) is 1.86. The van der Waals surface area contributed by atoms with Crippen molar-refractivity contribution in [1.29, 1.82) is 0 Å². The van der Waals surface area contributed by atoms with E-state index in [4.69, 9.17) is 23.2 Å². The second-order valence-corrected chi connectivity index (χ2v) is 6.06. The minimum absolute atomic E-state index is 0.238. The standard InChI is InChI=1S/C15H14BrCl2N/c1-10(13-4-2-3-5-14(13)16)19-9-11-6-7-12(17)8-15(11)18/h2-8,10,19H,9H2,1H3/t10-/m1/s1. The largest absolute Gasteiger partial charge is 0.306 e. The molecule has 0 fully saturated rings. The highest BCUT2D eigenvalue weighted by Crippen LogP contribution is 2.25. The summed E-state index contributed by atoms with van der Waals surface area (Å²) in [5.41, 5.74) is 2.28. The van der Waals surface area contributed by atoms with Gasteiger partial charge in [0.15, 0.2) is 0 Å². The van der Waals surface area contributed by atoms with Crippen LogP contribution in [0.25, 0.3) is 0 Å². The Labute approximate surface area is 132 Å². The van der Waals surface area contributed by atoms with Crippen molar-refractivity contribution in [3.8, 4) is 0 Å². The van der Waals surface area contributed by atoms with E-state index in [1.807, 2.05) is 30.3 Å². The van der Waals surface area contributed by atoms with E-state index in [1.54, 1.807) is 6.07 Å². The first-order valence-corrected chi connectivity index (χ1v) is 7.54. The Bertz CT molecular complexity index is 572. The second-order valence-electron chi connectivity index (χ2n) is 4.36. The number of halogens is 3. The van der Waals surface area contributed by atoms with Crippen molar-refractivity contribution in [3.05, 3.63) is 68.1 Å². The molecule has 0 saturated heterocycles. The van der Waals surface area contributed by atoms with Gasteiger partial charge in [0, 0.05) is 27.1 Å². The van der Waals surface area contributed by atoms with Crippen LogP contribution >= 0.6 is 39.1 Å². The zero-order chi connectivity index (χ0) is 13.8. The molecule has 1 N–H and O–H groups in total. The van der Waals surface area contributed by atoms with E-state index in [0.717, 1.165) is 10.0 Å². The highest BCUT2D eigenvalue weighted by atomic mass is 79.9. The molecule has 0 aliphatic carbocycles. The Kier molecular flexibility index (Phi) is 5.28. The van der Waals surface area contributed by atoms with Gasteiger partial charge in [-0.25, -0.2) is 0 Å². The Morgan fingerprint density at radius 3 is 2.58 bits per heavy atom. The third-order valence-corrected chi connectivity index (χ3v) is 4.29. The molecule has 2 aromatic carbocycles. The van der Waals surface area contributed by atoms with Crippen LogP contribution in [-0.2, 0) is 6.54 Å². The molecule has 2 aromatic rings. The van der Waals surface area contributed by atoms with E-state index in [0.29, 0.717) is 16.6 Å². The van der Waals surface area contributed by atoms with Crippen LogP contribution in [0.5, 0.6) is 0 Å². The summed E-state index contributed by atoms with van der Waals surface area (Å²) in [5.74, 6) is 0. The molecular formula is C15H14BrCl2N. The summed E-state index contributed by atoms with van der Waals surface area (Å²) in [5, 5.41) is 4.81. The summed E-state index contributed by atoms with van der Waals surface area (Å²) in [4.78, 5) is 0. The zero-order valence-corrected chi connectivity index (χ0v) is 13.6. The normalized spacial score (nSPS) is 12.4. The Morgan fingerprint density at radius 1 is 1.16 bits per heavy atom. The maximum absolute atomic E-state index is 6.16. The van der Waals surface area contributed by atoms with E-state index in [1.165, 1.54) is 5.56 Å². The van der Waals surface area contributed by atoms with Crippen molar-refractivity contribution < 1.29 is 0 Å². The molecule has 0 aliphatic heterocycles. The zero-order valence-electron chi connectivity index (χ0n) is 10.5. The van der Waals surface area contributed by atoms with Gasteiger partial charge in [-0.05, 0) is 36.2 Å². The van der Waals surface area contributed by atoms with Gasteiger partial charge >= 0.3 is 0 Å².